The molecule has 0 saturated carbocycles. The second kappa shape index (κ2) is 28.0. The highest BCUT2D eigenvalue weighted by Crippen LogP contribution is 2.36. The lowest BCUT2D eigenvalue weighted by molar-refractivity contribution is -0.144. The number of aromatic carboxylic acids is 1. The summed E-state index contributed by atoms with van der Waals surface area (Å²) in [6.07, 6.45) is 7.44. The lowest BCUT2D eigenvalue weighted by Crippen LogP contribution is -2.57. The number of likely N-dealkylation sites (tertiary alicyclic amines) is 1. The van der Waals surface area contributed by atoms with E-state index < -0.39 is 41.3 Å². The van der Waals surface area contributed by atoms with Crippen molar-refractivity contribution in [2.75, 3.05) is 29.9 Å². The normalized spacial score (nSPS) is 15.6. The molecule has 1 saturated heterocycles. The molecule has 17 nitrogen and oxygen atoms in total. The number of aryl methyl sites for hydroxylation is 4. The van der Waals surface area contributed by atoms with Crippen LogP contribution in [-0.4, -0.2) is 103 Å². The van der Waals surface area contributed by atoms with Crippen LogP contribution < -0.4 is 25.6 Å². The van der Waals surface area contributed by atoms with Crippen LogP contribution in [-0.2, 0) is 40.2 Å². The van der Waals surface area contributed by atoms with E-state index in [1.165, 1.54) is 33.6 Å². The Labute approximate surface area is 523 Å². The molecule has 2 aliphatic heterocycles. The van der Waals surface area contributed by atoms with Crippen LogP contribution in [0, 0.1) is 25.1 Å². The number of hydrogen-bond acceptors (Lipinski definition) is 15. The van der Waals surface area contributed by atoms with Crippen LogP contribution >= 0.6 is 34.0 Å². The number of carbonyl (C=O) groups is 5. The third-order valence-electron chi connectivity index (χ3n) is 16.3. The molecule has 0 spiro atoms. The van der Waals surface area contributed by atoms with E-state index in [1.807, 2.05) is 119 Å². The van der Waals surface area contributed by atoms with Crippen LogP contribution in [0.25, 0.3) is 31.9 Å². The highest BCUT2D eigenvalue weighted by molar-refractivity contribution is 7.22. The number of carbonyl (C=O) groups excluding carboxylic acids is 4. The van der Waals surface area contributed by atoms with Gasteiger partial charge in [-0.2, -0.15) is 0 Å². The smallest absolute Gasteiger partial charge is 0.355 e. The van der Waals surface area contributed by atoms with Gasteiger partial charge in [0.05, 0.1) is 45.1 Å². The van der Waals surface area contributed by atoms with Crippen molar-refractivity contribution in [3.05, 3.63) is 158 Å². The average molecular weight is 1250 g/mol. The van der Waals surface area contributed by atoms with Crippen molar-refractivity contribution < 1.29 is 43.3 Å². The van der Waals surface area contributed by atoms with Gasteiger partial charge in [-0.15, -0.1) is 22.7 Å². The highest BCUT2D eigenvalue weighted by Gasteiger charge is 2.45. The summed E-state index contributed by atoms with van der Waals surface area (Å²) in [7, 11) is 0. The maximum Gasteiger partial charge on any atom is 0.355 e. The zero-order chi connectivity index (χ0) is 62.2. The van der Waals surface area contributed by atoms with E-state index in [0.717, 1.165) is 79.9 Å². The predicted octanol–water partition coefficient (Wildman–Crippen LogP) is 12.5. The van der Waals surface area contributed by atoms with Crippen LogP contribution in [0.4, 0.5) is 14.7 Å². The molecule has 0 radical (unpaired) electrons. The van der Waals surface area contributed by atoms with Crippen molar-refractivity contribution >= 4 is 84.1 Å². The van der Waals surface area contributed by atoms with Gasteiger partial charge in [-0.05, 0) is 141 Å². The Bertz CT molecular complexity index is 3810. The molecule has 8 aromatic rings. The zero-order valence-electron chi connectivity index (χ0n) is 50.4. The number of amides is 4. The number of fused-ring (bicyclic) bond motifs is 2. The molecular weight excluding hydrogens is 1170 g/mol. The first kappa shape index (κ1) is 63.1. The van der Waals surface area contributed by atoms with E-state index >= 15 is 4.39 Å². The Hall–Kier alpha value is -7.98. The molecule has 4 aromatic carbocycles. The molecule has 2 aliphatic rings. The summed E-state index contributed by atoms with van der Waals surface area (Å²) in [5, 5.41) is 31.0. The van der Waals surface area contributed by atoms with Crippen molar-refractivity contribution in [2.24, 2.45) is 5.41 Å². The fourth-order valence-corrected chi connectivity index (χ4v) is 14.3. The minimum Gasteiger partial charge on any atom is -0.494 e. The van der Waals surface area contributed by atoms with Gasteiger partial charge >= 0.3 is 5.97 Å². The molecule has 0 aliphatic carbocycles. The number of hydrogen-bond donors (Lipinski definition) is 5. The van der Waals surface area contributed by atoms with Gasteiger partial charge in [-0.3, -0.25) is 29.5 Å². The van der Waals surface area contributed by atoms with Crippen molar-refractivity contribution in [1.29, 1.82) is 0 Å². The molecule has 5 N–H and O–H groups in total. The molecule has 0 unspecified atom stereocenters. The van der Waals surface area contributed by atoms with Gasteiger partial charge in [-0.1, -0.05) is 99.9 Å². The van der Waals surface area contributed by atoms with Crippen LogP contribution in [0.2, 0.25) is 0 Å². The lowest BCUT2D eigenvalue weighted by atomic mass is 9.85. The van der Waals surface area contributed by atoms with Gasteiger partial charge < -0.3 is 35.4 Å². The topological polar surface area (TPSA) is 229 Å². The molecule has 6 heterocycles. The fourth-order valence-electron chi connectivity index (χ4n) is 11.5. The summed E-state index contributed by atoms with van der Waals surface area (Å²) in [6, 6.07) is 26.2. The number of halogens is 1. The van der Waals surface area contributed by atoms with E-state index in [0.29, 0.717) is 83.8 Å². The number of nitrogens with zero attached hydrogens (tertiary/aromatic N) is 6. The molecule has 460 valence electrons. The summed E-state index contributed by atoms with van der Waals surface area (Å²) in [5.74, 6) is -2.18. The van der Waals surface area contributed by atoms with Gasteiger partial charge in [0.15, 0.2) is 16.0 Å². The number of aromatic nitrogens is 4. The molecule has 88 heavy (non-hydrogen) atoms. The van der Waals surface area contributed by atoms with Crippen molar-refractivity contribution in [3.8, 4) is 27.4 Å². The number of carboxylic acid groups (broad SMARTS) is 1. The number of aliphatic hydroxyl groups is 1. The molecule has 21 heteroatoms. The monoisotopic (exact) mass is 1250 g/mol. The van der Waals surface area contributed by atoms with Crippen molar-refractivity contribution in [2.45, 2.75) is 143 Å². The summed E-state index contributed by atoms with van der Waals surface area (Å²) in [5.41, 5.74) is 9.85. The molecule has 10 rings (SSSR count). The third-order valence-corrected chi connectivity index (χ3v) is 19.4. The largest absolute Gasteiger partial charge is 0.494 e. The Morgan fingerprint density at radius 1 is 0.864 bits per heavy atom. The maximum absolute atomic E-state index is 15.7. The number of thiazole rings is 3. The summed E-state index contributed by atoms with van der Waals surface area (Å²) in [4.78, 5) is 90.5. The Morgan fingerprint density at radius 3 is 2.39 bits per heavy atom. The maximum atomic E-state index is 15.7. The number of β-amino-alcohol motifs (C(OH)–C–C–N with tert-alkyl or cyclic N) is 1. The first-order chi connectivity index (χ1) is 42.3. The predicted molar refractivity (Wildman–Crippen MR) is 344 cm³/mol. The Morgan fingerprint density at radius 2 is 1.65 bits per heavy atom. The summed E-state index contributed by atoms with van der Waals surface area (Å²) >= 11 is 4.34. The summed E-state index contributed by atoms with van der Waals surface area (Å²) in [6.45, 7) is 12.7. The number of rotatable bonds is 24. The van der Waals surface area contributed by atoms with Crippen LogP contribution in [0.1, 0.15) is 144 Å². The summed E-state index contributed by atoms with van der Waals surface area (Å²) < 4.78 is 22.8. The minimum absolute atomic E-state index is 0.00590. The Kier molecular flexibility index (Phi) is 20.1. The highest BCUT2D eigenvalue weighted by atomic mass is 32.1. The number of benzene rings is 4. The molecular formula is C67H74FN9O8S3. The lowest BCUT2D eigenvalue weighted by Gasteiger charge is -2.35. The van der Waals surface area contributed by atoms with Crippen LogP contribution in [0.5, 0.6) is 5.75 Å². The molecule has 4 amide bonds. The van der Waals surface area contributed by atoms with Crippen LogP contribution in [0.15, 0.2) is 103 Å². The van der Waals surface area contributed by atoms with Gasteiger partial charge in [0.2, 0.25) is 17.7 Å². The SMILES string of the molecule is Cc1cc(OCCCc2sc(N3CCc4cccc(C(=O)Nc5nc6ccccc6s5)c4C3)nc2C(=O)O)ccc1-c1ncc(CCCCCCCC(=O)N[C@H](C(=O)N2C[C@H](O)C[C@H]2C(=O)N[C@@H](C)c2ccc(-c3scnc3C)cc2)C(C)(C)C)cc1F. The minimum atomic E-state index is -1.10. The second-order valence-corrected chi connectivity index (χ2v) is 26.8. The van der Waals surface area contributed by atoms with Gasteiger partial charge in [0, 0.05) is 54.7 Å². The van der Waals surface area contributed by atoms with Gasteiger partial charge in [-0.25, -0.2) is 24.1 Å². The fraction of sp³-hybridized carbons (Fsp3) is 0.388. The van der Waals surface area contributed by atoms with E-state index in [1.54, 1.807) is 35.7 Å². The molecule has 4 atom stereocenters. The second-order valence-electron chi connectivity index (χ2n) is 23.9. The van der Waals surface area contributed by atoms with Crippen LogP contribution in [0.3, 0.4) is 0 Å². The van der Waals surface area contributed by atoms with E-state index in [-0.39, 0.29) is 54.5 Å². The zero-order valence-corrected chi connectivity index (χ0v) is 52.8. The number of nitrogens with one attached hydrogen (secondary N) is 3. The number of ether oxygens (including phenoxy) is 1. The third kappa shape index (κ3) is 15.1. The van der Waals surface area contributed by atoms with E-state index in [4.69, 9.17) is 4.74 Å². The molecule has 0 bridgehead atoms. The standard InChI is InChI=1S/C67H74FN9O8S3/c1-39-32-47(85-31-15-21-55-58(64(83)84)74-66(88-55)76-30-29-44-17-14-18-49(50(44)37-76)61(80)75-65-72-52-19-12-13-20-54(52)87-65)27-28-48(39)57-51(68)33-42(35-69-57)16-10-8-7-9-11-22-56(79)73-60(67(4,5)6)63(82)77-36-46(78)34-53(77)62(81)71-40(2)43-23-25-45(26-24-43)59-41(3)70-38-86-59/h12-14,17-20,23-28,32-33,35,38,40,46,53,60,78H,7-11,15-16,21-22,29-31,34,36-37H2,1-6H3,(H,71,81)(H,73,79)(H,83,84)(H,72,75,80)/t40-,46+,53-,60+/m0/s1. The number of anilines is 2. The number of carboxylic acids is 1. The quantitative estimate of drug-likeness (QED) is 0.0355. The first-order valence-electron chi connectivity index (χ1n) is 30.0. The van der Waals surface area contributed by atoms with Gasteiger partial charge in [0.25, 0.3) is 5.91 Å². The molecule has 4 aromatic heterocycles. The number of para-hydroxylation sites is 1. The Balaban J connectivity index is 0.640. The van der Waals surface area contributed by atoms with E-state index in [2.05, 4.69) is 35.9 Å². The van der Waals surface area contributed by atoms with Gasteiger partial charge in [0.1, 0.15) is 29.3 Å². The number of unbranched alkanes of at least 4 members (excludes halogenated alkanes) is 4. The van der Waals surface area contributed by atoms with E-state index in [9.17, 15) is 34.2 Å². The first-order valence-corrected chi connectivity index (χ1v) is 32.5. The number of aliphatic hydroxyl groups excluding tert-OH is 1. The van der Waals surface area contributed by atoms with Crippen molar-refractivity contribution in [1.82, 2.24) is 35.5 Å². The van der Waals surface area contributed by atoms with Crippen molar-refractivity contribution in [3.63, 3.8) is 0 Å². The number of pyridine rings is 1. The average Bonchev–Trinajstić information content (AvgIpc) is 1.88. The molecule has 1 fully saturated rings.